The van der Waals surface area contributed by atoms with Crippen LogP contribution in [0, 0.1) is 30.1 Å². The summed E-state index contributed by atoms with van der Waals surface area (Å²) in [7, 11) is 0. The summed E-state index contributed by atoms with van der Waals surface area (Å²) in [4.78, 5) is 29.5. The molecular weight excluding hydrogens is 296 g/mol. The number of hydrogen-bond acceptors (Lipinski definition) is 4. The van der Waals surface area contributed by atoms with E-state index in [2.05, 4.69) is 10.3 Å². The van der Waals surface area contributed by atoms with E-state index in [1.807, 2.05) is 6.92 Å². The van der Waals surface area contributed by atoms with Crippen molar-refractivity contribution >= 4 is 28.2 Å². The summed E-state index contributed by atoms with van der Waals surface area (Å²) < 4.78 is 0. The number of Topliss-reactive ketones (excluding diaryl/α,β-unsaturated/α-hetero) is 1. The zero-order chi connectivity index (χ0) is 15.5. The fraction of sp³-hybridized carbons (Fsp3) is 0.706. The number of hydrogen-bond donors (Lipinski definition) is 1. The molecule has 0 radical (unpaired) electrons. The van der Waals surface area contributed by atoms with Crippen LogP contribution >= 0.6 is 11.3 Å². The highest BCUT2D eigenvalue weighted by molar-refractivity contribution is 7.17. The minimum absolute atomic E-state index is 0.0188. The van der Waals surface area contributed by atoms with Crippen LogP contribution in [0.5, 0.6) is 0 Å². The third-order valence-corrected chi connectivity index (χ3v) is 7.03. The SMILES string of the molecule is CC(=O)c1sc(NC(=O)C23CC4CC(CC(C4)C2)C3)nc1C. The van der Waals surface area contributed by atoms with Crippen molar-refractivity contribution in [1.82, 2.24) is 4.98 Å². The van der Waals surface area contributed by atoms with Gasteiger partial charge in [-0.2, -0.15) is 0 Å². The third-order valence-electron chi connectivity index (χ3n) is 5.86. The topological polar surface area (TPSA) is 59.1 Å². The van der Waals surface area contributed by atoms with Gasteiger partial charge in [-0.3, -0.25) is 9.59 Å². The highest BCUT2D eigenvalue weighted by Gasteiger charge is 2.54. The number of amides is 1. The molecule has 1 heterocycles. The largest absolute Gasteiger partial charge is 0.301 e. The molecule has 4 aliphatic carbocycles. The van der Waals surface area contributed by atoms with Crippen molar-refractivity contribution in [2.75, 3.05) is 5.32 Å². The zero-order valence-electron chi connectivity index (χ0n) is 13.1. The first kappa shape index (κ1) is 14.4. The number of ketones is 1. The first-order valence-corrected chi connectivity index (χ1v) is 9.07. The lowest BCUT2D eigenvalue weighted by atomic mass is 9.49. The lowest BCUT2D eigenvalue weighted by Crippen LogP contribution is -2.51. The molecule has 118 valence electrons. The molecule has 0 unspecified atom stereocenters. The van der Waals surface area contributed by atoms with Crippen molar-refractivity contribution in [2.24, 2.45) is 23.2 Å². The molecule has 4 nitrogen and oxygen atoms in total. The van der Waals surface area contributed by atoms with Gasteiger partial charge in [0.05, 0.1) is 16.0 Å². The van der Waals surface area contributed by atoms with Crippen LogP contribution in [0.15, 0.2) is 0 Å². The molecule has 0 spiro atoms. The molecule has 4 bridgehead atoms. The van der Waals surface area contributed by atoms with Gasteiger partial charge in [-0.1, -0.05) is 11.3 Å². The fourth-order valence-electron chi connectivity index (χ4n) is 5.39. The Bertz CT molecular complexity index is 614. The zero-order valence-corrected chi connectivity index (χ0v) is 14.0. The number of nitrogens with zero attached hydrogens (tertiary/aromatic N) is 1. The van der Waals surface area contributed by atoms with Gasteiger partial charge in [0.15, 0.2) is 10.9 Å². The van der Waals surface area contributed by atoms with Crippen molar-refractivity contribution in [3.63, 3.8) is 0 Å². The number of thiazole rings is 1. The van der Waals surface area contributed by atoms with Crippen molar-refractivity contribution in [3.05, 3.63) is 10.6 Å². The van der Waals surface area contributed by atoms with Crippen LogP contribution in [0.1, 0.15) is 60.8 Å². The maximum absolute atomic E-state index is 12.9. The predicted octanol–water partition coefficient (Wildman–Crippen LogP) is 3.81. The number of carbonyl (C=O) groups is 2. The molecule has 1 amide bonds. The Balaban J connectivity index is 1.55. The first-order chi connectivity index (χ1) is 10.4. The maximum Gasteiger partial charge on any atom is 0.232 e. The van der Waals surface area contributed by atoms with E-state index in [1.165, 1.54) is 30.6 Å². The number of rotatable bonds is 3. The molecule has 22 heavy (non-hydrogen) atoms. The van der Waals surface area contributed by atoms with Gasteiger partial charge in [0, 0.05) is 6.92 Å². The molecule has 5 rings (SSSR count). The Morgan fingerprint density at radius 2 is 1.68 bits per heavy atom. The van der Waals surface area contributed by atoms with Crippen LogP contribution in [0.2, 0.25) is 0 Å². The van der Waals surface area contributed by atoms with Gasteiger partial charge in [0.25, 0.3) is 0 Å². The molecule has 1 aromatic rings. The number of nitrogens with one attached hydrogen (secondary N) is 1. The summed E-state index contributed by atoms with van der Waals surface area (Å²) in [5, 5.41) is 3.62. The summed E-state index contributed by atoms with van der Waals surface area (Å²) in [5.74, 6) is 2.43. The van der Waals surface area contributed by atoms with Crippen LogP contribution in [-0.2, 0) is 4.79 Å². The lowest BCUT2D eigenvalue weighted by Gasteiger charge is -2.55. The van der Waals surface area contributed by atoms with E-state index >= 15 is 0 Å². The number of aryl methyl sites for hydroxylation is 1. The molecule has 4 aliphatic rings. The molecule has 1 N–H and O–H groups in total. The number of carbonyl (C=O) groups excluding carboxylic acids is 2. The summed E-state index contributed by atoms with van der Waals surface area (Å²) >= 11 is 1.31. The minimum atomic E-state index is -0.162. The maximum atomic E-state index is 12.9. The van der Waals surface area contributed by atoms with E-state index in [0.717, 1.165) is 42.7 Å². The molecule has 0 aromatic carbocycles. The molecule has 1 aromatic heterocycles. The second-order valence-electron chi connectivity index (χ2n) is 7.64. The van der Waals surface area contributed by atoms with Crippen LogP contribution in [0.3, 0.4) is 0 Å². The van der Waals surface area contributed by atoms with Gasteiger partial charge in [-0.05, 0) is 63.2 Å². The quantitative estimate of drug-likeness (QED) is 0.862. The van der Waals surface area contributed by atoms with E-state index < -0.39 is 0 Å². The average molecular weight is 318 g/mol. The Hall–Kier alpha value is -1.23. The first-order valence-electron chi connectivity index (χ1n) is 8.25. The Kier molecular flexibility index (Phi) is 3.19. The van der Waals surface area contributed by atoms with Crippen molar-refractivity contribution in [1.29, 1.82) is 0 Å². The molecular formula is C17H22N2O2S. The van der Waals surface area contributed by atoms with Crippen molar-refractivity contribution in [2.45, 2.75) is 52.4 Å². The standard InChI is InChI=1S/C17H22N2O2S/c1-9-14(10(2)20)22-16(18-9)19-15(21)17-6-11-3-12(7-17)5-13(4-11)8-17/h11-13H,3-8H2,1-2H3,(H,18,19,21). The summed E-state index contributed by atoms with van der Waals surface area (Å²) in [6, 6.07) is 0. The van der Waals surface area contributed by atoms with Gasteiger partial charge in [-0.25, -0.2) is 4.98 Å². The highest BCUT2D eigenvalue weighted by Crippen LogP contribution is 2.60. The normalized spacial score (nSPS) is 35.6. The third kappa shape index (κ3) is 2.21. The van der Waals surface area contributed by atoms with Crippen LogP contribution in [0.4, 0.5) is 5.13 Å². The van der Waals surface area contributed by atoms with Crippen LogP contribution in [0.25, 0.3) is 0 Å². The smallest absolute Gasteiger partial charge is 0.232 e. The van der Waals surface area contributed by atoms with E-state index in [1.54, 1.807) is 6.92 Å². The molecule has 4 fully saturated rings. The lowest BCUT2D eigenvalue weighted by molar-refractivity contribution is -0.140. The summed E-state index contributed by atoms with van der Waals surface area (Å²) in [6.45, 7) is 3.37. The van der Waals surface area contributed by atoms with Gasteiger partial charge in [-0.15, -0.1) is 0 Å². The number of aromatic nitrogens is 1. The van der Waals surface area contributed by atoms with Gasteiger partial charge in [0.1, 0.15) is 0 Å². The van der Waals surface area contributed by atoms with E-state index in [4.69, 9.17) is 0 Å². The summed E-state index contributed by atoms with van der Waals surface area (Å²) in [5.41, 5.74) is 0.559. The molecule has 4 saturated carbocycles. The van der Waals surface area contributed by atoms with E-state index in [-0.39, 0.29) is 17.1 Å². The predicted molar refractivity (Wildman–Crippen MR) is 86.1 cm³/mol. The Labute approximate surface area is 134 Å². The molecule has 0 atom stereocenters. The minimum Gasteiger partial charge on any atom is -0.301 e. The van der Waals surface area contributed by atoms with Gasteiger partial charge in [0.2, 0.25) is 5.91 Å². The molecule has 0 aliphatic heterocycles. The Morgan fingerprint density at radius 1 is 1.14 bits per heavy atom. The summed E-state index contributed by atoms with van der Waals surface area (Å²) in [6.07, 6.45) is 7.14. The Morgan fingerprint density at radius 3 is 2.14 bits per heavy atom. The van der Waals surface area contributed by atoms with Crippen LogP contribution < -0.4 is 5.32 Å². The van der Waals surface area contributed by atoms with E-state index in [0.29, 0.717) is 10.0 Å². The van der Waals surface area contributed by atoms with Crippen molar-refractivity contribution < 1.29 is 9.59 Å². The molecule has 5 heteroatoms. The van der Waals surface area contributed by atoms with Gasteiger partial charge < -0.3 is 5.32 Å². The monoisotopic (exact) mass is 318 g/mol. The average Bonchev–Trinajstić information content (AvgIpc) is 2.78. The second kappa shape index (κ2) is 4.88. The van der Waals surface area contributed by atoms with Crippen molar-refractivity contribution in [3.8, 4) is 0 Å². The fourth-order valence-corrected chi connectivity index (χ4v) is 6.25. The van der Waals surface area contributed by atoms with E-state index in [9.17, 15) is 9.59 Å². The van der Waals surface area contributed by atoms with Crippen LogP contribution in [-0.4, -0.2) is 16.7 Å². The number of anilines is 1. The second-order valence-corrected chi connectivity index (χ2v) is 8.64. The van der Waals surface area contributed by atoms with Gasteiger partial charge >= 0.3 is 0 Å². The molecule has 0 saturated heterocycles. The highest BCUT2D eigenvalue weighted by atomic mass is 32.1.